The quantitative estimate of drug-likeness (QED) is 0.852. The standard InChI is InChI=1S/C12H14FN5O/c1-2-19-12-17-10(14)16-11(18-12)15-7-8-4-3-5-9(13)6-8/h3-6H,2,7H2,1H3,(H3,14,15,16,17,18). The Bertz CT molecular complexity index is 564. The Kier molecular flexibility index (Phi) is 4.07. The SMILES string of the molecule is CCOc1nc(N)nc(NCc2cccc(F)c2)n1. The first-order valence-electron chi connectivity index (χ1n) is 5.80. The lowest BCUT2D eigenvalue weighted by Gasteiger charge is -2.07. The molecule has 0 fully saturated rings. The van der Waals surface area contributed by atoms with Crippen LogP contribution in [-0.4, -0.2) is 21.6 Å². The monoisotopic (exact) mass is 263 g/mol. The molecule has 0 radical (unpaired) electrons. The number of hydrogen-bond donors (Lipinski definition) is 2. The van der Waals surface area contributed by atoms with Gasteiger partial charge in [-0.15, -0.1) is 0 Å². The van der Waals surface area contributed by atoms with Crippen LogP contribution in [0, 0.1) is 5.82 Å². The van der Waals surface area contributed by atoms with Crippen molar-refractivity contribution in [3.8, 4) is 6.01 Å². The largest absolute Gasteiger partial charge is 0.464 e. The molecular formula is C12H14FN5O. The van der Waals surface area contributed by atoms with Crippen molar-refractivity contribution >= 4 is 11.9 Å². The third kappa shape index (κ3) is 3.77. The van der Waals surface area contributed by atoms with Crippen molar-refractivity contribution < 1.29 is 9.13 Å². The van der Waals surface area contributed by atoms with Crippen LogP contribution in [0.25, 0.3) is 0 Å². The highest BCUT2D eigenvalue weighted by molar-refractivity contribution is 5.33. The van der Waals surface area contributed by atoms with E-state index in [0.717, 1.165) is 5.56 Å². The van der Waals surface area contributed by atoms with Crippen LogP contribution in [0.15, 0.2) is 24.3 Å². The van der Waals surface area contributed by atoms with Crippen LogP contribution >= 0.6 is 0 Å². The predicted molar refractivity (Wildman–Crippen MR) is 69.1 cm³/mol. The molecule has 2 aromatic rings. The molecule has 100 valence electrons. The topological polar surface area (TPSA) is 86.0 Å². The van der Waals surface area contributed by atoms with Crippen LogP contribution in [0.3, 0.4) is 0 Å². The van der Waals surface area contributed by atoms with E-state index in [9.17, 15) is 4.39 Å². The molecule has 0 saturated carbocycles. The van der Waals surface area contributed by atoms with E-state index < -0.39 is 0 Å². The Morgan fingerprint density at radius 2 is 2.16 bits per heavy atom. The molecule has 0 saturated heterocycles. The number of nitrogens with two attached hydrogens (primary N) is 1. The number of nitrogen functional groups attached to an aromatic ring is 1. The van der Waals surface area contributed by atoms with Crippen molar-refractivity contribution in [2.75, 3.05) is 17.7 Å². The van der Waals surface area contributed by atoms with E-state index in [-0.39, 0.29) is 17.8 Å². The highest BCUT2D eigenvalue weighted by atomic mass is 19.1. The summed E-state index contributed by atoms with van der Waals surface area (Å²) in [6.07, 6.45) is 0. The van der Waals surface area contributed by atoms with Gasteiger partial charge in [0.1, 0.15) is 5.82 Å². The van der Waals surface area contributed by atoms with Gasteiger partial charge in [0.15, 0.2) is 0 Å². The average molecular weight is 263 g/mol. The maximum Gasteiger partial charge on any atom is 0.323 e. The van der Waals surface area contributed by atoms with Gasteiger partial charge in [-0.25, -0.2) is 4.39 Å². The lowest BCUT2D eigenvalue weighted by molar-refractivity contribution is 0.312. The van der Waals surface area contributed by atoms with Crippen LogP contribution in [-0.2, 0) is 6.54 Å². The summed E-state index contributed by atoms with van der Waals surface area (Å²) in [5.41, 5.74) is 6.32. The van der Waals surface area contributed by atoms with E-state index in [2.05, 4.69) is 20.3 Å². The van der Waals surface area contributed by atoms with Crippen LogP contribution in [0.5, 0.6) is 6.01 Å². The van der Waals surface area contributed by atoms with Gasteiger partial charge in [0, 0.05) is 6.54 Å². The summed E-state index contributed by atoms with van der Waals surface area (Å²) >= 11 is 0. The van der Waals surface area contributed by atoms with E-state index in [0.29, 0.717) is 19.1 Å². The number of halogens is 1. The van der Waals surface area contributed by atoms with E-state index >= 15 is 0 Å². The van der Waals surface area contributed by atoms with Crippen LogP contribution in [0.1, 0.15) is 12.5 Å². The van der Waals surface area contributed by atoms with Gasteiger partial charge in [0.2, 0.25) is 11.9 Å². The highest BCUT2D eigenvalue weighted by Crippen LogP contribution is 2.10. The molecule has 0 aliphatic carbocycles. The first kappa shape index (κ1) is 13.0. The van der Waals surface area contributed by atoms with Crippen LogP contribution < -0.4 is 15.8 Å². The second kappa shape index (κ2) is 5.94. The molecule has 0 atom stereocenters. The van der Waals surface area contributed by atoms with E-state index in [1.807, 2.05) is 6.92 Å². The minimum Gasteiger partial charge on any atom is -0.464 e. The van der Waals surface area contributed by atoms with Crippen molar-refractivity contribution in [3.63, 3.8) is 0 Å². The Morgan fingerprint density at radius 3 is 2.89 bits per heavy atom. The molecule has 0 aliphatic rings. The number of nitrogens with zero attached hydrogens (tertiary/aromatic N) is 3. The molecular weight excluding hydrogens is 249 g/mol. The summed E-state index contributed by atoms with van der Waals surface area (Å²) in [5, 5.41) is 2.94. The molecule has 6 nitrogen and oxygen atoms in total. The molecule has 7 heteroatoms. The number of ether oxygens (including phenoxy) is 1. The summed E-state index contributed by atoms with van der Waals surface area (Å²) in [7, 11) is 0. The maximum atomic E-state index is 13.0. The van der Waals surface area contributed by atoms with Gasteiger partial charge in [-0.2, -0.15) is 15.0 Å². The van der Waals surface area contributed by atoms with Gasteiger partial charge in [0.25, 0.3) is 0 Å². The van der Waals surface area contributed by atoms with Gasteiger partial charge in [0.05, 0.1) is 6.61 Å². The van der Waals surface area contributed by atoms with Crippen LogP contribution in [0.2, 0.25) is 0 Å². The molecule has 0 bridgehead atoms. The molecule has 3 N–H and O–H groups in total. The van der Waals surface area contributed by atoms with Gasteiger partial charge < -0.3 is 15.8 Å². The summed E-state index contributed by atoms with van der Waals surface area (Å²) in [4.78, 5) is 11.8. The van der Waals surface area contributed by atoms with Crippen molar-refractivity contribution in [1.29, 1.82) is 0 Å². The summed E-state index contributed by atoms with van der Waals surface area (Å²) in [6.45, 7) is 2.64. The highest BCUT2D eigenvalue weighted by Gasteiger charge is 2.05. The molecule has 1 heterocycles. The fraction of sp³-hybridized carbons (Fsp3) is 0.250. The van der Waals surface area contributed by atoms with Gasteiger partial charge in [-0.3, -0.25) is 0 Å². The Hall–Kier alpha value is -2.44. The van der Waals surface area contributed by atoms with Gasteiger partial charge in [-0.1, -0.05) is 12.1 Å². The van der Waals surface area contributed by atoms with Crippen molar-refractivity contribution in [2.45, 2.75) is 13.5 Å². The first-order valence-corrected chi connectivity index (χ1v) is 5.80. The van der Waals surface area contributed by atoms with Crippen LogP contribution in [0.4, 0.5) is 16.3 Å². The van der Waals surface area contributed by atoms with Gasteiger partial charge >= 0.3 is 6.01 Å². The number of hydrogen-bond acceptors (Lipinski definition) is 6. The number of anilines is 2. The Balaban J connectivity index is 2.06. The fourth-order valence-electron chi connectivity index (χ4n) is 1.47. The Labute approximate surface area is 109 Å². The summed E-state index contributed by atoms with van der Waals surface area (Å²) in [5.74, 6) is 0.0740. The number of rotatable bonds is 5. The van der Waals surface area contributed by atoms with E-state index in [4.69, 9.17) is 10.5 Å². The van der Waals surface area contributed by atoms with Crippen molar-refractivity contribution in [3.05, 3.63) is 35.6 Å². The molecule has 0 unspecified atom stereocenters. The molecule has 2 rings (SSSR count). The normalized spacial score (nSPS) is 10.2. The lowest BCUT2D eigenvalue weighted by Crippen LogP contribution is -2.09. The maximum absolute atomic E-state index is 13.0. The zero-order chi connectivity index (χ0) is 13.7. The first-order chi connectivity index (χ1) is 9.17. The molecule has 0 spiro atoms. The minimum atomic E-state index is -0.288. The predicted octanol–water partition coefficient (Wildman–Crippen LogP) is 1.60. The molecule has 0 aliphatic heterocycles. The second-order valence-corrected chi connectivity index (χ2v) is 3.72. The number of nitrogens with one attached hydrogen (secondary N) is 1. The van der Waals surface area contributed by atoms with E-state index in [1.54, 1.807) is 12.1 Å². The van der Waals surface area contributed by atoms with Gasteiger partial charge in [-0.05, 0) is 24.6 Å². The number of aromatic nitrogens is 3. The summed E-state index contributed by atoms with van der Waals surface area (Å²) in [6, 6.07) is 6.42. The van der Waals surface area contributed by atoms with Crippen molar-refractivity contribution in [1.82, 2.24) is 15.0 Å². The molecule has 1 aromatic carbocycles. The molecule has 1 aromatic heterocycles. The second-order valence-electron chi connectivity index (χ2n) is 3.72. The summed E-state index contributed by atoms with van der Waals surface area (Å²) < 4.78 is 18.2. The molecule has 0 amide bonds. The smallest absolute Gasteiger partial charge is 0.323 e. The third-order valence-corrected chi connectivity index (χ3v) is 2.25. The molecule has 19 heavy (non-hydrogen) atoms. The lowest BCUT2D eigenvalue weighted by atomic mass is 10.2. The zero-order valence-electron chi connectivity index (χ0n) is 10.4. The fourth-order valence-corrected chi connectivity index (χ4v) is 1.47. The average Bonchev–Trinajstić information content (AvgIpc) is 2.36. The Morgan fingerprint density at radius 1 is 1.32 bits per heavy atom. The third-order valence-electron chi connectivity index (χ3n) is 2.25. The van der Waals surface area contributed by atoms with Crippen molar-refractivity contribution in [2.24, 2.45) is 0 Å². The van der Waals surface area contributed by atoms with E-state index in [1.165, 1.54) is 12.1 Å². The zero-order valence-corrected chi connectivity index (χ0v) is 10.4. The minimum absolute atomic E-state index is 0.0696. The number of benzene rings is 1.